The third-order valence-corrected chi connectivity index (χ3v) is 4.70. The molecule has 3 rings (SSSR count). The molecule has 20 heavy (non-hydrogen) atoms. The topological polar surface area (TPSA) is 45.4 Å². The second-order valence-electron chi connectivity index (χ2n) is 6.41. The molecular formula is C15H26N4O. The van der Waals surface area contributed by atoms with Crippen LogP contribution >= 0.6 is 0 Å². The number of rotatable bonds is 4. The number of hydrogen-bond acceptors (Lipinski definition) is 5. The van der Waals surface area contributed by atoms with Crippen LogP contribution in [-0.2, 0) is 13.0 Å². The van der Waals surface area contributed by atoms with E-state index < -0.39 is 0 Å². The first-order valence-corrected chi connectivity index (χ1v) is 7.98. The smallest absolute Gasteiger partial charge is 0.226 e. The first kappa shape index (κ1) is 14.0. The first-order valence-electron chi connectivity index (χ1n) is 7.98. The van der Waals surface area contributed by atoms with E-state index in [4.69, 9.17) is 4.52 Å². The molecule has 0 aliphatic carbocycles. The van der Waals surface area contributed by atoms with E-state index in [0.717, 1.165) is 43.8 Å². The van der Waals surface area contributed by atoms with E-state index in [0.29, 0.717) is 12.1 Å². The Bertz CT molecular complexity index is 445. The van der Waals surface area contributed by atoms with Crippen LogP contribution in [0.3, 0.4) is 0 Å². The van der Waals surface area contributed by atoms with Crippen molar-refractivity contribution in [3.63, 3.8) is 0 Å². The highest BCUT2D eigenvalue weighted by molar-refractivity contribution is 4.95. The van der Waals surface area contributed by atoms with Gasteiger partial charge in [-0.05, 0) is 33.1 Å². The second-order valence-corrected chi connectivity index (χ2v) is 6.41. The lowest BCUT2D eigenvalue weighted by atomic mass is 10.1. The molecule has 2 saturated heterocycles. The van der Waals surface area contributed by atoms with E-state index in [1.807, 2.05) is 6.92 Å². The van der Waals surface area contributed by atoms with Gasteiger partial charge in [-0.3, -0.25) is 9.80 Å². The van der Waals surface area contributed by atoms with Crippen molar-refractivity contribution in [3.8, 4) is 0 Å². The van der Waals surface area contributed by atoms with Crippen molar-refractivity contribution in [1.82, 2.24) is 19.9 Å². The number of aromatic nitrogens is 2. The zero-order valence-electron chi connectivity index (χ0n) is 12.9. The SMILES string of the molecule is CCc1nc(CN2CC[C@H]3CC[C@@H](C2)N3C(C)C)no1. The number of aryl methyl sites for hydroxylation is 1. The molecule has 2 fully saturated rings. The van der Waals surface area contributed by atoms with Crippen LogP contribution in [-0.4, -0.2) is 51.2 Å². The van der Waals surface area contributed by atoms with Crippen molar-refractivity contribution < 1.29 is 4.52 Å². The Kier molecular flexibility index (Phi) is 4.08. The van der Waals surface area contributed by atoms with Crippen LogP contribution in [0.5, 0.6) is 0 Å². The van der Waals surface area contributed by atoms with Gasteiger partial charge >= 0.3 is 0 Å². The van der Waals surface area contributed by atoms with E-state index in [1.54, 1.807) is 0 Å². The standard InChI is InChI=1S/C15H26N4O/c1-4-15-16-14(17-20-15)10-18-8-7-12-5-6-13(9-18)19(12)11(2)3/h11-13H,4-10H2,1-3H3/t12-,13+/m1/s1. The fraction of sp³-hybridized carbons (Fsp3) is 0.867. The number of fused-ring (bicyclic) bond motifs is 2. The Morgan fingerprint density at radius 3 is 2.75 bits per heavy atom. The molecular weight excluding hydrogens is 252 g/mol. The highest BCUT2D eigenvalue weighted by Crippen LogP contribution is 2.32. The second kappa shape index (κ2) is 5.82. The molecule has 1 aromatic heterocycles. The first-order chi connectivity index (χ1) is 9.67. The van der Waals surface area contributed by atoms with Crippen LogP contribution in [0.15, 0.2) is 4.52 Å². The minimum atomic E-state index is 0.657. The predicted molar refractivity (Wildman–Crippen MR) is 77.4 cm³/mol. The van der Waals surface area contributed by atoms with Gasteiger partial charge in [0.25, 0.3) is 0 Å². The van der Waals surface area contributed by atoms with Gasteiger partial charge < -0.3 is 4.52 Å². The lowest BCUT2D eigenvalue weighted by molar-refractivity contribution is 0.144. The maximum absolute atomic E-state index is 5.21. The highest BCUT2D eigenvalue weighted by atomic mass is 16.5. The van der Waals surface area contributed by atoms with E-state index in [9.17, 15) is 0 Å². The van der Waals surface area contributed by atoms with E-state index in [2.05, 4.69) is 33.8 Å². The molecule has 0 N–H and O–H groups in total. The summed E-state index contributed by atoms with van der Waals surface area (Å²) >= 11 is 0. The third kappa shape index (κ3) is 2.74. The van der Waals surface area contributed by atoms with Crippen LogP contribution in [0, 0.1) is 0 Å². The summed E-state index contributed by atoms with van der Waals surface area (Å²) in [6.45, 7) is 9.83. The summed E-state index contributed by atoms with van der Waals surface area (Å²) in [4.78, 5) is 9.67. The van der Waals surface area contributed by atoms with E-state index >= 15 is 0 Å². The fourth-order valence-corrected chi connectivity index (χ4v) is 3.87. The van der Waals surface area contributed by atoms with Gasteiger partial charge in [-0.15, -0.1) is 0 Å². The molecule has 5 heteroatoms. The molecule has 2 aliphatic rings. The maximum Gasteiger partial charge on any atom is 0.226 e. The molecule has 2 bridgehead atoms. The average molecular weight is 278 g/mol. The molecule has 0 unspecified atom stereocenters. The molecule has 3 heterocycles. The molecule has 0 aromatic carbocycles. The van der Waals surface area contributed by atoms with Crippen molar-refractivity contribution in [2.24, 2.45) is 0 Å². The number of likely N-dealkylation sites (tertiary alicyclic amines) is 1. The maximum atomic E-state index is 5.21. The largest absolute Gasteiger partial charge is 0.339 e. The Labute approximate surface area is 121 Å². The molecule has 0 spiro atoms. The summed E-state index contributed by atoms with van der Waals surface area (Å²) in [7, 11) is 0. The molecule has 2 aliphatic heterocycles. The molecule has 112 valence electrons. The average Bonchev–Trinajstić information content (AvgIpc) is 2.96. The zero-order valence-corrected chi connectivity index (χ0v) is 12.9. The lowest BCUT2D eigenvalue weighted by Gasteiger charge is -2.32. The molecule has 0 radical (unpaired) electrons. The van der Waals surface area contributed by atoms with Crippen LogP contribution in [0.1, 0.15) is 51.7 Å². The van der Waals surface area contributed by atoms with Gasteiger partial charge in [0.2, 0.25) is 5.89 Å². The molecule has 1 aromatic rings. The van der Waals surface area contributed by atoms with Crippen LogP contribution < -0.4 is 0 Å². The minimum absolute atomic E-state index is 0.657. The summed E-state index contributed by atoms with van der Waals surface area (Å²) in [5.74, 6) is 1.59. The normalized spacial score (nSPS) is 28.2. The fourth-order valence-electron chi connectivity index (χ4n) is 3.87. The van der Waals surface area contributed by atoms with E-state index in [1.165, 1.54) is 19.3 Å². The van der Waals surface area contributed by atoms with Crippen LogP contribution in [0.4, 0.5) is 0 Å². The molecule has 0 saturated carbocycles. The Hall–Kier alpha value is -0.940. The van der Waals surface area contributed by atoms with Crippen LogP contribution in [0.2, 0.25) is 0 Å². The summed E-state index contributed by atoms with van der Waals surface area (Å²) in [5.41, 5.74) is 0. The van der Waals surface area contributed by atoms with Gasteiger partial charge in [0.1, 0.15) is 0 Å². The van der Waals surface area contributed by atoms with Gasteiger partial charge in [-0.25, -0.2) is 0 Å². The predicted octanol–water partition coefficient (Wildman–Crippen LogP) is 2.08. The lowest BCUT2D eigenvalue weighted by Crippen LogP contribution is -2.43. The van der Waals surface area contributed by atoms with Crippen LogP contribution in [0.25, 0.3) is 0 Å². The van der Waals surface area contributed by atoms with Gasteiger partial charge in [0.05, 0.1) is 6.54 Å². The Morgan fingerprint density at radius 1 is 1.25 bits per heavy atom. The van der Waals surface area contributed by atoms with Crippen molar-refractivity contribution in [1.29, 1.82) is 0 Å². The molecule has 2 atom stereocenters. The van der Waals surface area contributed by atoms with Crippen molar-refractivity contribution in [3.05, 3.63) is 11.7 Å². The summed E-state index contributed by atoms with van der Waals surface area (Å²) in [6.07, 6.45) is 4.80. The van der Waals surface area contributed by atoms with Gasteiger partial charge in [-0.2, -0.15) is 4.98 Å². The van der Waals surface area contributed by atoms with Crippen molar-refractivity contribution in [2.75, 3.05) is 13.1 Å². The van der Waals surface area contributed by atoms with Crippen molar-refractivity contribution in [2.45, 2.75) is 71.1 Å². The molecule has 0 amide bonds. The minimum Gasteiger partial charge on any atom is -0.339 e. The summed E-state index contributed by atoms with van der Waals surface area (Å²) in [5, 5.41) is 4.09. The zero-order chi connectivity index (χ0) is 14.1. The number of nitrogens with zero attached hydrogens (tertiary/aromatic N) is 4. The van der Waals surface area contributed by atoms with Gasteiger partial charge in [0, 0.05) is 37.6 Å². The third-order valence-electron chi connectivity index (χ3n) is 4.70. The number of hydrogen-bond donors (Lipinski definition) is 0. The summed E-state index contributed by atoms with van der Waals surface area (Å²) in [6, 6.07) is 2.14. The van der Waals surface area contributed by atoms with Gasteiger partial charge in [-0.1, -0.05) is 12.1 Å². The highest BCUT2D eigenvalue weighted by Gasteiger charge is 2.38. The quantitative estimate of drug-likeness (QED) is 0.844. The monoisotopic (exact) mass is 278 g/mol. The molecule has 5 nitrogen and oxygen atoms in total. The Balaban J connectivity index is 1.65. The Morgan fingerprint density at radius 2 is 2.05 bits per heavy atom. The summed E-state index contributed by atoms with van der Waals surface area (Å²) < 4.78 is 5.21. The van der Waals surface area contributed by atoms with E-state index in [-0.39, 0.29) is 0 Å². The van der Waals surface area contributed by atoms with Gasteiger partial charge in [0.15, 0.2) is 5.82 Å². The van der Waals surface area contributed by atoms with Crippen molar-refractivity contribution >= 4 is 0 Å².